The topological polar surface area (TPSA) is 155 Å². The zero-order chi connectivity index (χ0) is 29.1. The van der Waals surface area contributed by atoms with E-state index in [2.05, 4.69) is 46.4 Å². The van der Waals surface area contributed by atoms with Crippen LogP contribution in [0.15, 0.2) is 0 Å². The van der Waals surface area contributed by atoms with Crippen molar-refractivity contribution in [1.82, 2.24) is 30.4 Å². The molecule has 1 aliphatic heterocycles. The van der Waals surface area contributed by atoms with Crippen LogP contribution in [0, 0.1) is 5.92 Å². The van der Waals surface area contributed by atoms with Crippen molar-refractivity contribution in [2.24, 2.45) is 5.92 Å². The Morgan fingerprint density at radius 2 is 1.87 bits per heavy atom. The van der Waals surface area contributed by atoms with Gasteiger partial charge in [-0.05, 0) is 69.7 Å². The Balaban J connectivity index is 0.000000560. The van der Waals surface area contributed by atoms with E-state index < -0.39 is 23.6 Å². The standard InChI is InChI=1S/C10H17NO5.C8H16N4O.C7H13NO/c1-10(2,3)16-8(13)5-7(11-6-12)9(14)15-4;1-7(2)4-5-8-9-10-11-12(8)6-13-3;1-7-4-2-3-5-8(7)6-9/h6-7H,5H2,1-4H3,(H,11,12);7H,4-6H2,1-3H3;6-7H,2-5H2,1H3. The number of amides is 2. The maximum absolute atomic E-state index is 11.4. The number of nitrogens with zero attached hydrogens (tertiary/aromatic N) is 5. The number of hydrogen-bond acceptors (Lipinski definition) is 10. The second-order valence-corrected chi connectivity index (χ2v) is 10.3. The molecule has 0 bridgehead atoms. The lowest BCUT2D eigenvalue weighted by Gasteiger charge is -2.29. The van der Waals surface area contributed by atoms with Crippen LogP contribution in [0.2, 0.25) is 0 Å². The predicted octanol–water partition coefficient (Wildman–Crippen LogP) is 1.89. The number of esters is 2. The van der Waals surface area contributed by atoms with Gasteiger partial charge in [0, 0.05) is 26.1 Å². The molecule has 13 nitrogen and oxygen atoms in total. The molecule has 13 heteroatoms. The summed E-state index contributed by atoms with van der Waals surface area (Å²) >= 11 is 0. The van der Waals surface area contributed by atoms with Crippen LogP contribution < -0.4 is 5.32 Å². The summed E-state index contributed by atoms with van der Waals surface area (Å²) in [6.07, 6.45) is 6.71. The number of likely N-dealkylation sites (tertiary alicyclic amines) is 1. The molecule has 0 aromatic carbocycles. The second kappa shape index (κ2) is 19.0. The van der Waals surface area contributed by atoms with Crippen LogP contribution in [-0.2, 0) is 46.5 Å². The maximum Gasteiger partial charge on any atom is 0.328 e. The van der Waals surface area contributed by atoms with Gasteiger partial charge in [0.25, 0.3) is 0 Å². The van der Waals surface area contributed by atoms with Crippen molar-refractivity contribution in [2.75, 3.05) is 20.8 Å². The van der Waals surface area contributed by atoms with Crippen molar-refractivity contribution in [1.29, 1.82) is 0 Å². The number of hydrogen-bond donors (Lipinski definition) is 1. The first-order valence-electron chi connectivity index (χ1n) is 12.8. The quantitative estimate of drug-likeness (QED) is 0.324. The second-order valence-electron chi connectivity index (χ2n) is 10.3. The van der Waals surface area contributed by atoms with Gasteiger partial charge in [-0.15, -0.1) is 5.10 Å². The molecule has 2 heterocycles. The first-order valence-corrected chi connectivity index (χ1v) is 12.8. The van der Waals surface area contributed by atoms with E-state index in [4.69, 9.17) is 9.47 Å². The lowest BCUT2D eigenvalue weighted by atomic mass is 10.1. The highest BCUT2D eigenvalue weighted by atomic mass is 16.6. The Bertz CT molecular complexity index is 825. The minimum Gasteiger partial charge on any atom is -0.467 e. The highest BCUT2D eigenvalue weighted by Gasteiger charge is 2.25. The number of ether oxygens (including phenoxy) is 3. The number of aryl methyl sites for hydroxylation is 1. The normalized spacial score (nSPS) is 15.7. The maximum atomic E-state index is 11.4. The zero-order valence-electron chi connectivity index (χ0n) is 24.1. The van der Waals surface area contributed by atoms with Gasteiger partial charge in [0.05, 0.1) is 13.5 Å². The van der Waals surface area contributed by atoms with E-state index >= 15 is 0 Å². The summed E-state index contributed by atoms with van der Waals surface area (Å²) in [5, 5.41) is 13.5. The average molecular weight is 543 g/mol. The van der Waals surface area contributed by atoms with Gasteiger partial charge >= 0.3 is 11.9 Å². The van der Waals surface area contributed by atoms with Gasteiger partial charge in [0.2, 0.25) is 12.8 Å². The van der Waals surface area contributed by atoms with Crippen molar-refractivity contribution in [3.05, 3.63) is 5.82 Å². The molecule has 2 unspecified atom stereocenters. The fourth-order valence-electron chi connectivity index (χ4n) is 3.30. The zero-order valence-corrected chi connectivity index (χ0v) is 24.1. The molecule has 1 N–H and O–H groups in total. The van der Waals surface area contributed by atoms with Gasteiger partial charge in [-0.25, -0.2) is 9.48 Å². The smallest absolute Gasteiger partial charge is 0.328 e. The summed E-state index contributed by atoms with van der Waals surface area (Å²) in [6, 6.07) is -0.520. The Morgan fingerprint density at radius 1 is 1.18 bits per heavy atom. The van der Waals surface area contributed by atoms with Crippen molar-refractivity contribution < 1.29 is 33.4 Å². The van der Waals surface area contributed by atoms with Crippen molar-refractivity contribution in [2.45, 2.75) is 104 Å². The largest absolute Gasteiger partial charge is 0.467 e. The summed E-state index contributed by atoms with van der Waals surface area (Å²) in [7, 11) is 2.81. The van der Waals surface area contributed by atoms with Crippen LogP contribution in [0.5, 0.6) is 0 Å². The summed E-state index contributed by atoms with van der Waals surface area (Å²) in [5.74, 6) is 0.318. The minimum atomic E-state index is -1.00. The molecule has 218 valence electrons. The van der Waals surface area contributed by atoms with E-state index in [9.17, 15) is 19.2 Å². The summed E-state index contributed by atoms with van der Waals surface area (Å²) in [5.41, 5.74) is -0.626. The molecule has 1 aromatic heterocycles. The SMILES string of the molecule is CC1CCCCN1C=O.COC(=O)C(CC(=O)OC(C)(C)C)NC=O.COCn1nnnc1CCC(C)C. The van der Waals surface area contributed by atoms with E-state index in [0.717, 1.165) is 31.6 Å². The Morgan fingerprint density at radius 3 is 2.34 bits per heavy atom. The molecule has 0 aliphatic carbocycles. The number of rotatable bonds is 11. The van der Waals surface area contributed by atoms with E-state index in [1.807, 2.05) is 4.90 Å². The van der Waals surface area contributed by atoms with Gasteiger partial charge in [0.1, 0.15) is 18.4 Å². The summed E-state index contributed by atoms with van der Waals surface area (Å²) in [6.45, 7) is 13.0. The lowest BCUT2D eigenvalue weighted by Crippen LogP contribution is -2.40. The third kappa shape index (κ3) is 15.9. The van der Waals surface area contributed by atoms with Crippen LogP contribution in [-0.4, -0.2) is 88.3 Å². The molecule has 1 fully saturated rings. The molecule has 1 aromatic rings. The van der Waals surface area contributed by atoms with Crippen LogP contribution >= 0.6 is 0 Å². The summed E-state index contributed by atoms with van der Waals surface area (Å²) < 4.78 is 16.1. The lowest BCUT2D eigenvalue weighted by molar-refractivity contribution is -0.159. The van der Waals surface area contributed by atoms with Gasteiger partial charge in [0.15, 0.2) is 5.82 Å². The number of nitrogens with one attached hydrogen (secondary N) is 1. The van der Waals surface area contributed by atoms with Crippen molar-refractivity contribution in [3.8, 4) is 0 Å². The van der Waals surface area contributed by atoms with Crippen LogP contribution in [0.25, 0.3) is 0 Å². The summed E-state index contributed by atoms with van der Waals surface area (Å²) in [4.78, 5) is 44.9. The predicted molar refractivity (Wildman–Crippen MR) is 140 cm³/mol. The van der Waals surface area contributed by atoms with Gasteiger partial charge in [-0.2, -0.15) is 0 Å². The fourth-order valence-corrected chi connectivity index (χ4v) is 3.30. The van der Waals surface area contributed by atoms with E-state index in [1.165, 1.54) is 26.4 Å². The number of aromatic nitrogens is 4. The first-order chi connectivity index (χ1) is 17.9. The third-order valence-corrected chi connectivity index (χ3v) is 5.34. The van der Waals surface area contributed by atoms with Crippen molar-refractivity contribution >= 4 is 24.8 Å². The van der Waals surface area contributed by atoms with Gasteiger partial charge in [-0.1, -0.05) is 13.8 Å². The Kier molecular flexibility index (Phi) is 17.5. The molecule has 0 spiro atoms. The highest BCUT2D eigenvalue weighted by molar-refractivity contribution is 5.84. The number of piperidine rings is 1. The van der Waals surface area contributed by atoms with Crippen LogP contribution in [0.1, 0.15) is 79.5 Å². The molecule has 2 amide bonds. The molecule has 2 atom stereocenters. The average Bonchev–Trinajstić information content (AvgIpc) is 3.29. The van der Waals surface area contributed by atoms with E-state index in [0.29, 0.717) is 25.1 Å². The number of tetrazole rings is 1. The van der Waals surface area contributed by atoms with E-state index in [-0.39, 0.29) is 6.42 Å². The van der Waals surface area contributed by atoms with Crippen LogP contribution in [0.4, 0.5) is 0 Å². The molecule has 38 heavy (non-hydrogen) atoms. The molecular weight excluding hydrogens is 496 g/mol. The molecule has 1 saturated heterocycles. The number of carbonyl (C=O) groups is 4. The van der Waals surface area contributed by atoms with Crippen LogP contribution in [0.3, 0.4) is 0 Å². The highest BCUT2D eigenvalue weighted by Crippen LogP contribution is 2.13. The minimum absolute atomic E-state index is 0.247. The Labute approximate surface area is 225 Å². The van der Waals surface area contributed by atoms with E-state index in [1.54, 1.807) is 32.6 Å². The molecule has 0 radical (unpaired) electrons. The molecule has 2 rings (SSSR count). The first kappa shape index (κ1) is 34.9. The molecule has 0 saturated carbocycles. The third-order valence-electron chi connectivity index (χ3n) is 5.34. The fraction of sp³-hybridized carbons (Fsp3) is 0.800. The van der Waals surface area contributed by atoms with Gasteiger partial charge < -0.3 is 24.4 Å². The monoisotopic (exact) mass is 542 g/mol. The number of carbonyl (C=O) groups excluding carboxylic acids is 4. The van der Waals surface area contributed by atoms with Gasteiger partial charge in [-0.3, -0.25) is 14.4 Å². The molecular formula is C25H46N6O7. The Hall–Kier alpha value is -3.09. The van der Waals surface area contributed by atoms with Crippen molar-refractivity contribution in [3.63, 3.8) is 0 Å². The molecule has 1 aliphatic rings. The number of methoxy groups -OCH3 is 2.